The van der Waals surface area contributed by atoms with E-state index in [1.54, 1.807) is 6.92 Å². The number of rotatable bonds is 5. The number of benzene rings is 1. The molecular weight excluding hydrogens is 286 g/mol. The molecule has 0 bridgehead atoms. The normalized spacial score (nSPS) is 16.2. The molecule has 0 radical (unpaired) electrons. The second kappa shape index (κ2) is 5.78. The van der Waals surface area contributed by atoms with Crippen LogP contribution in [-0.2, 0) is 14.9 Å². The fourth-order valence-electron chi connectivity index (χ4n) is 1.85. The van der Waals surface area contributed by atoms with Gasteiger partial charge in [0.15, 0.2) is 0 Å². The van der Waals surface area contributed by atoms with Gasteiger partial charge in [-0.15, -0.1) is 0 Å². The molecule has 1 heterocycles. The van der Waals surface area contributed by atoms with Crippen LogP contribution < -0.4 is 4.74 Å². The molecule has 1 saturated heterocycles. The molecule has 0 spiro atoms. The largest absolute Gasteiger partial charge is 0.493 e. The number of carbonyl (C=O) groups is 1. The van der Waals surface area contributed by atoms with Crippen LogP contribution in [0.15, 0.2) is 23.1 Å². The summed E-state index contributed by atoms with van der Waals surface area (Å²) in [6, 6.07) is 3.74. The zero-order valence-electron chi connectivity index (χ0n) is 10.9. The molecule has 0 atom stereocenters. The van der Waals surface area contributed by atoms with Crippen molar-refractivity contribution < 1.29 is 27.9 Å². The van der Waals surface area contributed by atoms with Crippen molar-refractivity contribution in [3.05, 3.63) is 23.8 Å². The van der Waals surface area contributed by atoms with Gasteiger partial charge in [-0.3, -0.25) is 4.84 Å². The molecular formula is C12H15NO6S. The highest BCUT2D eigenvalue weighted by atomic mass is 32.2. The van der Waals surface area contributed by atoms with Crippen molar-refractivity contribution >= 4 is 16.0 Å². The van der Waals surface area contributed by atoms with Crippen molar-refractivity contribution in [1.29, 1.82) is 0 Å². The number of hydrogen-bond donors (Lipinski definition) is 1. The first-order chi connectivity index (χ1) is 9.46. The standard InChI is InChI=1S/C12H15NO6S/c1-2-18-11-5-4-9(8-10(11)12(14)15)20(16,17)13-6-3-7-19-13/h4-5,8H,2-3,6-7H2,1H3,(H,14,15). The van der Waals surface area contributed by atoms with Crippen molar-refractivity contribution in [2.45, 2.75) is 18.2 Å². The van der Waals surface area contributed by atoms with E-state index in [0.717, 1.165) is 10.5 Å². The van der Waals surface area contributed by atoms with Crippen LogP contribution in [0.5, 0.6) is 5.75 Å². The Bertz CT molecular complexity index is 606. The van der Waals surface area contributed by atoms with Gasteiger partial charge in [0.05, 0.1) is 18.1 Å². The molecule has 0 aromatic heterocycles. The summed E-state index contributed by atoms with van der Waals surface area (Å²) in [6.07, 6.45) is 0.613. The molecule has 110 valence electrons. The lowest BCUT2D eigenvalue weighted by Gasteiger charge is -2.15. The average molecular weight is 301 g/mol. The maximum Gasteiger partial charge on any atom is 0.339 e. The fraction of sp³-hybridized carbons (Fsp3) is 0.417. The van der Waals surface area contributed by atoms with Crippen molar-refractivity contribution in [2.24, 2.45) is 0 Å². The Kier molecular flexibility index (Phi) is 4.26. The van der Waals surface area contributed by atoms with E-state index < -0.39 is 16.0 Å². The highest BCUT2D eigenvalue weighted by molar-refractivity contribution is 7.89. The van der Waals surface area contributed by atoms with Gasteiger partial charge in [0, 0.05) is 6.54 Å². The van der Waals surface area contributed by atoms with Crippen LogP contribution in [0.3, 0.4) is 0 Å². The van der Waals surface area contributed by atoms with Crippen molar-refractivity contribution in [3.8, 4) is 5.75 Å². The SMILES string of the molecule is CCOc1ccc(S(=O)(=O)N2CCCO2)cc1C(=O)O. The van der Waals surface area contributed by atoms with Gasteiger partial charge in [0.1, 0.15) is 11.3 Å². The van der Waals surface area contributed by atoms with Crippen LogP contribution in [0.25, 0.3) is 0 Å². The Morgan fingerprint density at radius 1 is 1.50 bits per heavy atom. The first-order valence-electron chi connectivity index (χ1n) is 6.12. The lowest BCUT2D eigenvalue weighted by atomic mass is 10.2. The minimum absolute atomic E-state index is 0.125. The van der Waals surface area contributed by atoms with Gasteiger partial charge < -0.3 is 9.84 Å². The number of carboxylic acid groups (broad SMARTS) is 1. The minimum atomic E-state index is -3.83. The van der Waals surface area contributed by atoms with E-state index in [-0.39, 0.29) is 22.8 Å². The van der Waals surface area contributed by atoms with Crippen LogP contribution in [0.2, 0.25) is 0 Å². The second-order valence-electron chi connectivity index (χ2n) is 4.11. The predicted molar refractivity (Wildman–Crippen MR) is 69.0 cm³/mol. The number of sulfonamides is 1. The summed E-state index contributed by atoms with van der Waals surface area (Å²) in [5, 5.41) is 9.13. The lowest BCUT2D eigenvalue weighted by molar-refractivity contribution is -0.0284. The van der Waals surface area contributed by atoms with Crippen molar-refractivity contribution in [3.63, 3.8) is 0 Å². The molecule has 8 heteroatoms. The summed E-state index contributed by atoms with van der Waals surface area (Å²) in [6.45, 7) is 2.61. The Hall–Kier alpha value is -1.64. The first kappa shape index (κ1) is 14.8. The number of ether oxygens (including phenoxy) is 1. The predicted octanol–water partition coefficient (Wildman–Crippen LogP) is 1.11. The molecule has 1 aliphatic rings. The van der Waals surface area contributed by atoms with Crippen LogP contribution in [0.1, 0.15) is 23.7 Å². The Morgan fingerprint density at radius 2 is 2.25 bits per heavy atom. The van der Waals surface area contributed by atoms with Gasteiger partial charge >= 0.3 is 5.97 Å². The molecule has 0 unspecified atom stereocenters. The molecule has 2 rings (SSSR count). The average Bonchev–Trinajstić information content (AvgIpc) is 2.93. The van der Waals surface area contributed by atoms with Gasteiger partial charge in [-0.05, 0) is 31.5 Å². The zero-order chi connectivity index (χ0) is 14.8. The highest BCUT2D eigenvalue weighted by Crippen LogP contribution is 2.26. The molecule has 1 N–H and O–H groups in total. The minimum Gasteiger partial charge on any atom is -0.493 e. The molecule has 1 aliphatic heterocycles. The van der Waals surface area contributed by atoms with E-state index in [9.17, 15) is 13.2 Å². The maximum absolute atomic E-state index is 12.2. The second-order valence-corrected chi connectivity index (χ2v) is 5.94. The third-order valence-corrected chi connectivity index (χ3v) is 4.44. The molecule has 0 saturated carbocycles. The number of nitrogens with zero attached hydrogens (tertiary/aromatic N) is 1. The number of hydroxylamine groups is 1. The van der Waals surface area contributed by atoms with E-state index >= 15 is 0 Å². The lowest BCUT2D eigenvalue weighted by Crippen LogP contribution is -2.27. The van der Waals surface area contributed by atoms with E-state index in [0.29, 0.717) is 19.6 Å². The smallest absolute Gasteiger partial charge is 0.339 e. The molecule has 20 heavy (non-hydrogen) atoms. The van der Waals surface area contributed by atoms with Gasteiger partial charge in [0.25, 0.3) is 10.0 Å². The molecule has 0 aliphatic carbocycles. The zero-order valence-corrected chi connectivity index (χ0v) is 11.7. The quantitative estimate of drug-likeness (QED) is 0.875. The van der Waals surface area contributed by atoms with Gasteiger partial charge in [-0.1, -0.05) is 4.47 Å². The third-order valence-electron chi connectivity index (χ3n) is 2.77. The van der Waals surface area contributed by atoms with Crippen molar-refractivity contribution in [2.75, 3.05) is 19.8 Å². The van der Waals surface area contributed by atoms with Gasteiger partial charge in [-0.2, -0.15) is 0 Å². The highest BCUT2D eigenvalue weighted by Gasteiger charge is 2.30. The monoisotopic (exact) mass is 301 g/mol. The summed E-state index contributed by atoms with van der Waals surface area (Å²) in [5.74, 6) is -1.10. The van der Waals surface area contributed by atoms with E-state index in [4.69, 9.17) is 14.7 Å². The molecule has 1 fully saturated rings. The molecule has 1 aromatic carbocycles. The van der Waals surface area contributed by atoms with Crippen LogP contribution >= 0.6 is 0 Å². The third kappa shape index (κ3) is 2.77. The maximum atomic E-state index is 12.2. The summed E-state index contributed by atoms with van der Waals surface area (Å²) in [7, 11) is -3.83. The van der Waals surface area contributed by atoms with Crippen LogP contribution in [-0.4, -0.2) is 43.7 Å². The summed E-state index contributed by atoms with van der Waals surface area (Å²) < 4.78 is 30.5. The molecule has 7 nitrogen and oxygen atoms in total. The molecule has 1 aromatic rings. The van der Waals surface area contributed by atoms with E-state index in [1.165, 1.54) is 12.1 Å². The van der Waals surface area contributed by atoms with Gasteiger partial charge in [-0.25, -0.2) is 13.2 Å². The molecule has 0 amide bonds. The fourth-order valence-corrected chi connectivity index (χ4v) is 3.17. The number of hydrogen-bond acceptors (Lipinski definition) is 5. The van der Waals surface area contributed by atoms with Crippen LogP contribution in [0, 0.1) is 0 Å². The van der Waals surface area contributed by atoms with E-state index in [2.05, 4.69) is 0 Å². The Labute approximate surface area is 116 Å². The Morgan fingerprint density at radius 3 is 2.80 bits per heavy atom. The number of carboxylic acids is 1. The summed E-state index contributed by atoms with van der Waals surface area (Å²) in [5.41, 5.74) is -0.188. The summed E-state index contributed by atoms with van der Waals surface area (Å²) >= 11 is 0. The summed E-state index contributed by atoms with van der Waals surface area (Å²) in [4.78, 5) is 16.1. The first-order valence-corrected chi connectivity index (χ1v) is 7.56. The van der Waals surface area contributed by atoms with Crippen molar-refractivity contribution in [1.82, 2.24) is 4.47 Å². The van der Waals surface area contributed by atoms with Crippen LogP contribution in [0.4, 0.5) is 0 Å². The van der Waals surface area contributed by atoms with Gasteiger partial charge in [0.2, 0.25) is 0 Å². The van der Waals surface area contributed by atoms with E-state index in [1.807, 2.05) is 0 Å². The number of aromatic carboxylic acids is 1. The Balaban J connectivity index is 2.42. The topological polar surface area (TPSA) is 93.1 Å².